The molecule has 2 N–H and O–H groups in total. The van der Waals surface area contributed by atoms with Crippen molar-refractivity contribution in [1.82, 2.24) is 0 Å². The van der Waals surface area contributed by atoms with E-state index in [2.05, 4.69) is 6.07 Å². The van der Waals surface area contributed by atoms with Crippen LogP contribution in [0.5, 0.6) is 0 Å². The van der Waals surface area contributed by atoms with E-state index in [-0.39, 0.29) is 22.7 Å². The van der Waals surface area contributed by atoms with Crippen LogP contribution in [-0.4, -0.2) is 5.78 Å². The third-order valence-electron chi connectivity index (χ3n) is 5.38. The molecule has 3 rings (SSSR count). The summed E-state index contributed by atoms with van der Waals surface area (Å²) in [6.07, 6.45) is 0.991. The van der Waals surface area contributed by atoms with E-state index < -0.39 is 10.8 Å². The van der Waals surface area contributed by atoms with Crippen molar-refractivity contribution in [2.45, 2.75) is 51.3 Å². The SMILES string of the molecule is Cc1ccc([C@@H]2C(C#N)=C(N)OC3=C2C(=O)CC(C)(C)C3)c(C)c1C(Cl)Cl. The van der Waals surface area contributed by atoms with Gasteiger partial charge in [-0.05, 0) is 41.5 Å². The van der Waals surface area contributed by atoms with Crippen molar-refractivity contribution in [2.75, 3.05) is 0 Å². The molecule has 0 saturated heterocycles. The molecule has 0 spiro atoms. The summed E-state index contributed by atoms with van der Waals surface area (Å²) >= 11 is 12.4. The minimum atomic E-state index is -0.703. The number of nitrogens with zero attached hydrogens (tertiary/aromatic N) is 1. The van der Waals surface area contributed by atoms with Crippen molar-refractivity contribution in [3.63, 3.8) is 0 Å². The maximum atomic E-state index is 13.0. The van der Waals surface area contributed by atoms with E-state index in [4.69, 9.17) is 33.7 Å². The first-order chi connectivity index (χ1) is 12.6. The Hall–Kier alpha value is -1.96. The second kappa shape index (κ2) is 6.89. The van der Waals surface area contributed by atoms with Gasteiger partial charge in [-0.3, -0.25) is 4.79 Å². The van der Waals surface area contributed by atoms with Crippen molar-refractivity contribution < 1.29 is 9.53 Å². The molecule has 0 radical (unpaired) electrons. The van der Waals surface area contributed by atoms with Crippen LogP contribution in [-0.2, 0) is 9.53 Å². The second-order valence-corrected chi connectivity index (χ2v) is 9.11. The number of nitrogens with two attached hydrogens (primary N) is 1. The number of nitriles is 1. The summed E-state index contributed by atoms with van der Waals surface area (Å²) in [5, 5.41) is 9.74. The molecule has 0 saturated carbocycles. The van der Waals surface area contributed by atoms with E-state index in [1.54, 1.807) is 0 Å². The standard InChI is InChI=1S/C21H22Cl2N2O2/c1-10-5-6-12(11(2)16(10)19(22)23)17-13(9-24)20(25)27-15-8-21(3,4)7-14(26)18(15)17/h5-6,17,19H,7-8,25H2,1-4H3/t17-/m1/s1. The number of aryl methyl sites for hydroxylation is 1. The number of carbonyl (C=O) groups is 1. The van der Waals surface area contributed by atoms with Crippen LogP contribution in [0.1, 0.15) is 59.7 Å². The molecule has 1 atom stereocenters. The largest absolute Gasteiger partial charge is 0.444 e. The Bertz CT molecular complexity index is 936. The fourth-order valence-corrected chi connectivity index (χ4v) is 4.80. The molecule has 1 aliphatic heterocycles. The number of carbonyl (C=O) groups excluding carboxylic acids is 1. The molecule has 0 aromatic heterocycles. The van der Waals surface area contributed by atoms with Crippen molar-refractivity contribution in [2.24, 2.45) is 11.1 Å². The highest BCUT2D eigenvalue weighted by atomic mass is 35.5. The zero-order valence-electron chi connectivity index (χ0n) is 15.8. The van der Waals surface area contributed by atoms with Crippen LogP contribution < -0.4 is 5.73 Å². The van der Waals surface area contributed by atoms with Crippen LogP contribution in [0.4, 0.5) is 0 Å². The van der Waals surface area contributed by atoms with Gasteiger partial charge in [0, 0.05) is 18.4 Å². The van der Waals surface area contributed by atoms with Gasteiger partial charge in [0.15, 0.2) is 5.78 Å². The minimum Gasteiger partial charge on any atom is -0.444 e. The van der Waals surface area contributed by atoms with Crippen molar-refractivity contribution in [3.05, 3.63) is 57.2 Å². The first kappa shape index (κ1) is 19.8. The van der Waals surface area contributed by atoms with Crippen molar-refractivity contribution >= 4 is 29.0 Å². The molecule has 1 aromatic rings. The van der Waals surface area contributed by atoms with Gasteiger partial charge in [0.05, 0.1) is 5.92 Å². The van der Waals surface area contributed by atoms with Crippen LogP contribution in [0.2, 0.25) is 0 Å². The van der Waals surface area contributed by atoms with Gasteiger partial charge < -0.3 is 10.5 Å². The van der Waals surface area contributed by atoms with E-state index in [0.717, 1.165) is 22.3 Å². The average molecular weight is 405 g/mol. The average Bonchev–Trinajstić information content (AvgIpc) is 2.52. The number of hydrogen-bond donors (Lipinski definition) is 1. The van der Waals surface area contributed by atoms with Crippen LogP contribution in [0, 0.1) is 30.6 Å². The van der Waals surface area contributed by atoms with Gasteiger partial charge in [0.1, 0.15) is 22.2 Å². The number of alkyl halides is 2. The lowest BCUT2D eigenvalue weighted by Gasteiger charge is -2.37. The van der Waals surface area contributed by atoms with E-state index in [0.29, 0.717) is 24.2 Å². The first-order valence-electron chi connectivity index (χ1n) is 8.79. The molecule has 1 heterocycles. The third kappa shape index (κ3) is 3.35. The molecule has 6 heteroatoms. The summed E-state index contributed by atoms with van der Waals surface area (Å²) in [7, 11) is 0. The Morgan fingerprint density at radius 2 is 1.96 bits per heavy atom. The number of allylic oxidation sites excluding steroid dienone is 3. The van der Waals surface area contributed by atoms with Crippen LogP contribution >= 0.6 is 23.2 Å². The van der Waals surface area contributed by atoms with E-state index in [9.17, 15) is 10.1 Å². The number of halogens is 2. The van der Waals surface area contributed by atoms with Gasteiger partial charge in [-0.2, -0.15) is 5.26 Å². The quantitative estimate of drug-likeness (QED) is 0.684. The fourth-order valence-electron chi connectivity index (χ4n) is 4.13. The molecule has 1 aromatic carbocycles. The molecular weight excluding hydrogens is 383 g/mol. The number of rotatable bonds is 2. The molecule has 4 nitrogen and oxygen atoms in total. The third-order valence-corrected chi connectivity index (χ3v) is 5.82. The highest BCUT2D eigenvalue weighted by molar-refractivity contribution is 6.44. The van der Waals surface area contributed by atoms with Gasteiger partial charge in [-0.25, -0.2) is 0 Å². The lowest BCUT2D eigenvalue weighted by molar-refractivity contribution is -0.119. The van der Waals surface area contributed by atoms with Crippen molar-refractivity contribution in [3.8, 4) is 6.07 Å². The van der Waals surface area contributed by atoms with E-state index in [1.807, 2.05) is 39.8 Å². The normalized spacial score (nSPS) is 21.9. The Morgan fingerprint density at radius 3 is 2.56 bits per heavy atom. The predicted octanol–water partition coefficient (Wildman–Crippen LogP) is 5.23. The summed E-state index contributed by atoms with van der Waals surface area (Å²) in [6, 6.07) is 5.97. The highest BCUT2D eigenvalue weighted by Gasteiger charge is 2.43. The van der Waals surface area contributed by atoms with Gasteiger partial charge >= 0.3 is 0 Å². The molecular formula is C21H22Cl2N2O2. The molecule has 0 bridgehead atoms. The lowest BCUT2D eigenvalue weighted by Crippen LogP contribution is -2.33. The zero-order valence-corrected chi connectivity index (χ0v) is 17.3. The predicted molar refractivity (Wildman–Crippen MR) is 106 cm³/mol. The number of ether oxygens (including phenoxy) is 1. The van der Waals surface area contributed by atoms with Crippen molar-refractivity contribution in [1.29, 1.82) is 5.26 Å². The molecule has 0 amide bonds. The topological polar surface area (TPSA) is 76.1 Å². The lowest BCUT2D eigenvalue weighted by atomic mass is 9.69. The molecule has 0 unspecified atom stereocenters. The fraction of sp³-hybridized carbons (Fsp3) is 0.429. The second-order valence-electron chi connectivity index (χ2n) is 8.01. The number of hydrogen-bond acceptors (Lipinski definition) is 4. The van der Waals surface area contributed by atoms with Gasteiger partial charge in [-0.1, -0.05) is 26.0 Å². The Morgan fingerprint density at radius 1 is 1.30 bits per heavy atom. The van der Waals surface area contributed by atoms with Crippen LogP contribution in [0.25, 0.3) is 0 Å². The van der Waals surface area contributed by atoms with Crippen LogP contribution in [0.3, 0.4) is 0 Å². The summed E-state index contributed by atoms with van der Waals surface area (Å²) in [6.45, 7) is 7.89. The van der Waals surface area contributed by atoms with E-state index in [1.165, 1.54) is 0 Å². The zero-order chi connectivity index (χ0) is 20.1. The summed E-state index contributed by atoms with van der Waals surface area (Å²) in [5.41, 5.74) is 10.1. The molecule has 2 aliphatic rings. The van der Waals surface area contributed by atoms with Crippen LogP contribution in [0.15, 0.2) is 34.9 Å². The molecule has 142 valence electrons. The van der Waals surface area contributed by atoms with Gasteiger partial charge in [0.25, 0.3) is 0 Å². The maximum absolute atomic E-state index is 13.0. The number of benzene rings is 1. The van der Waals surface area contributed by atoms with Gasteiger partial charge in [-0.15, -0.1) is 23.2 Å². The molecule has 27 heavy (non-hydrogen) atoms. The Balaban J connectivity index is 2.27. The highest BCUT2D eigenvalue weighted by Crippen LogP contribution is 2.49. The first-order valence-corrected chi connectivity index (χ1v) is 9.66. The monoisotopic (exact) mass is 404 g/mol. The number of ketones is 1. The smallest absolute Gasteiger partial charge is 0.205 e. The summed E-state index contributed by atoms with van der Waals surface area (Å²) in [4.78, 5) is 12.3. The summed E-state index contributed by atoms with van der Waals surface area (Å²) < 4.78 is 5.73. The van der Waals surface area contributed by atoms with E-state index >= 15 is 0 Å². The molecule has 0 fully saturated rings. The maximum Gasteiger partial charge on any atom is 0.205 e. The molecule has 1 aliphatic carbocycles. The number of Topliss-reactive ketones (excluding diaryl/α,β-unsaturated/α-hetero) is 1. The Kier molecular flexibility index (Phi) is 5.05. The minimum absolute atomic E-state index is 0.0127. The summed E-state index contributed by atoms with van der Waals surface area (Å²) in [5.74, 6) is 0.0456. The van der Waals surface area contributed by atoms with Gasteiger partial charge in [0.2, 0.25) is 5.88 Å². The Labute approximate surface area is 169 Å².